The summed E-state index contributed by atoms with van der Waals surface area (Å²) in [7, 11) is 1.56. The van der Waals surface area contributed by atoms with Crippen LogP contribution in [0.4, 0.5) is 20.2 Å². The summed E-state index contributed by atoms with van der Waals surface area (Å²) >= 11 is 0. The van der Waals surface area contributed by atoms with Gasteiger partial charge in [0, 0.05) is 36.1 Å². The minimum absolute atomic E-state index is 0.00666. The van der Waals surface area contributed by atoms with Crippen LogP contribution in [-0.2, 0) is 9.59 Å². The summed E-state index contributed by atoms with van der Waals surface area (Å²) in [4.78, 5) is 30.3. The Morgan fingerprint density at radius 3 is 2.20 bits per heavy atom. The highest BCUT2D eigenvalue weighted by atomic mass is 19.2. The van der Waals surface area contributed by atoms with Crippen LogP contribution in [0.25, 0.3) is 5.76 Å². The number of hydrogen-bond donors (Lipinski definition) is 1. The molecule has 3 aromatic carbocycles. The highest BCUT2D eigenvalue weighted by molar-refractivity contribution is 6.51. The average Bonchev–Trinajstić information content (AvgIpc) is 3.20. The molecule has 8 heteroatoms. The van der Waals surface area contributed by atoms with Crippen molar-refractivity contribution in [3.63, 3.8) is 0 Å². The van der Waals surface area contributed by atoms with Crippen molar-refractivity contribution >= 4 is 28.8 Å². The molecule has 1 saturated heterocycles. The molecule has 1 heterocycles. The number of Topliss-reactive ketones (excluding diaryl/α,β-unsaturated/α-hetero) is 1. The molecule has 0 bridgehead atoms. The van der Waals surface area contributed by atoms with Crippen LogP contribution in [0.3, 0.4) is 0 Å². The Labute approximate surface area is 233 Å². The van der Waals surface area contributed by atoms with Gasteiger partial charge in [-0.15, -0.1) is 0 Å². The van der Waals surface area contributed by atoms with E-state index < -0.39 is 29.4 Å². The van der Waals surface area contributed by atoms with E-state index in [0.29, 0.717) is 22.4 Å². The Bertz CT molecular complexity index is 1480. The standard InChI is InChI=1S/C32H34F2N2O4/c1-7-35(8-2)21-11-9-20(10-12-21)29-28(30(37)24-17-23(18(3)4)27(40-6)15-19(24)5)31(38)32(39)36(29)22-13-14-25(33)26(34)16-22/h9-18,29,37H,7-8H2,1-6H3/b30-28+. The van der Waals surface area contributed by atoms with E-state index in [1.165, 1.54) is 6.07 Å². The molecule has 0 radical (unpaired) electrons. The van der Waals surface area contributed by atoms with Gasteiger partial charge in [0.05, 0.1) is 18.7 Å². The number of anilines is 2. The minimum atomic E-state index is -1.15. The lowest BCUT2D eigenvalue weighted by Crippen LogP contribution is -2.29. The lowest BCUT2D eigenvalue weighted by Gasteiger charge is -2.27. The maximum atomic E-state index is 14.3. The van der Waals surface area contributed by atoms with Crippen molar-refractivity contribution in [1.29, 1.82) is 0 Å². The second kappa shape index (κ2) is 11.5. The molecule has 1 aliphatic heterocycles. The Morgan fingerprint density at radius 2 is 1.65 bits per heavy atom. The molecule has 0 aliphatic carbocycles. The normalized spacial score (nSPS) is 16.6. The summed E-state index contributed by atoms with van der Waals surface area (Å²) < 4.78 is 33.6. The monoisotopic (exact) mass is 548 g/mol. The Morgan fingerprint density at radius 1 is 1.00 bits per heavy atom. The molecule has 1 fully saturated rings. The Hall–Kier alpha value is -4.20. The molecule has 0 spiro atoms. The number of ether oxygens (including phenoxy) is 1. The molecule has 0 saturated carbocycles. The zero-order valence-corrected chi connectivity index (χ0v) is 23.6. The highest BCUT2D eigenvalue weighted by Crippen LogP contribution is 2.44. The molecule has 1 atom stereocenters. The molecule has 1 unspecified atom stereocenters. The van der Waals surface area contributed by atoms with Gasteiger partial charge in [-0.2, -0.15) is 0 Å². The van der Waals surface area contributed by atoms with E-state index in [9.17, 15) is 23.5 Å². The lowest BCUT2D eigenvalue weighted by atomic mass is 9.91. The van der Waals surface area contributed by atoms with E-state index >= 15 is 0 Å². The van der Waals surface area contributed by atoms with Gasteiger partial charge < -0.3 is 14.7 Å². The van der Waals surface area contributed by atoms with Gasteiger partial charge in [0.2, 0.25) is 0 Å². The van der Waals surface area contributed by atoms with Crippen LogP contribution < -0.4 is 14.5 Å². The van der Waals surface area contributed by atoms with Gasteiger partial charge in [-0.05, 0) is 79.8 Å². The molecular formula is C32H34F2N2O4. The topological polar surface area (TPSA) is 70.1 Å². The summed E-state index contributed by atoms with van der Waals surface area (Å²) in [6.45, 7) is 11.4. The second-order valence-electron chi connectivity index (χ2n) is 10.1. The quantitative estimate of drug-likeness (QED) is 0.189. The van der Waals surface area contributed by atoms with Crippen molar-refractivity contribution in [2.24, 2.45) is 0 Å². The van der Waals surface area contributed by atoms with E-state index in [1.54, 1.807) is 38.3 Å². The molecule has 1 amide bonds. The van der Waals surface area contributed by atoms with Crippen LogP contribution >= 0.6 is 0 Å². The molecular weight excluding hydrogens is 514 g/mol. The van der Waals surface area contributed by atoms with Gasteiger partial charge >= 0.3 is 0 Å². The fourth-order valence-corrected chi connectivity index (χ4v) is 5.23. The number of amides is 1. The number of carbonyl (C=O) groups excluding carboxylic acids is 2. The summed E-state index contributed by atoms with van der Waals surface area (Å²) in [6, 6.07) is 12.8. The molecule has 1 aliphatic rings. The second-order valence-corrected chi connectivity index (χ2v) is 10.1. The van der Waals surface area contributed by atoms with Crippen molar-refractivity contribution in [2.75, 3.05) is 30.0 Å². The molecule has 6 nitrogen and oxygen atoms in total. The number of aryl methyl sites for hydroxylation is 1. The number of ketones is 1. The summed E-state index contributed by atoms with van der Waals surface area (Å²) in [5, 5.41) is 11.7. The van der Waals surface area contributed by atoms with Gasteiger partial charge in [-0.1, -0.05) is 26.0 Å². The molecule has 1 N–H and O–H groups in total. The van der Waals surface area contributed by atoms with Crippen molar-refractivity contribution in [3.05, 3.63) is 94.1 Å². The Balaban J connectivity index is 1.97. The average molecular weight is 549 g/mol. The van der Waals surface area contributed by atoms with Crippen LogP contribution in [0.5, 0.6) is 5.75 Å². The third-order valence-corrected chi connectivity index (χ3v) is 7.42. The first-order valence-electron chi connectivity index (χ1n) is 13.3. The maximum absolute atomic E-state index is 14.3. The van der Waals surface area contributed by atoms with Crippen LogP contribution in [0, 0.1) is 18.6 Å². The number of rotatable bonds is 8. The predicted octanol–water partition coefficient (Wildman–Crippen LogP) is 6.88. The smallest absolute Gasteiger partial charge is 0.300 e. The van der Waals surface area contributed by atoms with Crippen molar-refractivity contribution in [3.8, 4) is 5.75 Å². The first kappa shape index (κ1) is 28.8. The number of benzene rings is 3. The molecule has 210 valence electrons. The number of nitrogens with zero attached hydrogens (tertiary/aromatic N) is 2. The van der Waals surface area contributed by atoms with Crippen LogP contribution in [0.15, 0.2) is 60.2 Å². The largest absolute Gasteiger partial charge is 0.507 e. The van der Waals surface area contributed by atoms with Gasteiger partial charge in [-0.3, -0.25) is 14.5 Å². The minimum Gasteiger partial charge on any atom is -0.507 e. The van der Waals surface area contributed by atoms with Crippen molar-refractivity contribution in [2.45, 2.75) is 46.6 Å². The zero-order valence-electron chi connectivity index (χ0n) is 23.6. The number of hydrogen-bond acceptors (Lipinski definition) is 5. The summed E-state index contributed by atoms with van der Waals surface area (Å²) in [5.74, 6) is -3.73. The summed E-state index contributed by atoms with van der Waals surface area (Å²) in [5.41, 5.74) is 3.22. The number of carbonyl (C=O) groups is 2. The zero-order chi connectivity index (χ0) is 29.3. The van der Waals surface area contributed by atoms with Crippen LogP contribution in [0.2, 0.25) is 0 Å². The molecule has 40 heavy (non-hydrogen) atoms. The van der Waals surface area contributed by atoms with Crippen LogP contribution in [0.1, 0.15) is 61.9 Å². The summed E-state index contributed by atoms with van der Waals surface area (Å²) in [6.07, 6.45) is 0. The van der Waals surface area contributed by atoms with Gasteiger partial charge in [0.1, 0.15) is 11.5 Å². The number of aliphatic hydroxyl groups excluding tert-OH is 1. The van der Waals surface area contributed by atoms with Gasteiger partial charge in [-0.25, -0.2) is 8.78 Å². The van der Waals surface area contributed by atoms with Crippen molar-refractivity contribution < 1.29 is 28.2 Å². The third kappa shape index (κ3) is 5.06. The highest BCUT2D eigenvalue weighted by Gasteiger charge is 2.47. The van der Waals surface area contributed by atoms with E-state index in [1.807, 2.05) is 39.8 Å². The maximum Gasteiger partial charge on any atom is 0.300 e. The van der Waals surface area contributed by atoms with E-state index in [4.69, 9.17) is 4.74 Å². The van der Waals surface area contributed by atoms with Gasteiger partial charge in [0.25, 0.3) is 11.7 Å². The number of halogens is 2. The first-order valence-corrected chi connectivity index (χ1v) is 13.3. The molecule has 4 rings (SSSR count). The molecule has 0 aromatic heterocycles. The lowest BCUT2D eigenvalue weighted by molar-refractivity contribution is -0.132. The SMILES string of the molecule is CCN(CC)c1ccc(C2/C(=C(\O)c3cc(C(C)C)c(OC)cc3C)C(=O)C(=O)N2c2ccc(F)c(F)c2)cc1. The number of methoxy groups -OCH3 is 1. The van der Waals surface area contributed by atoms with E-state index in [-0.39, 0.29) is 22.9 Å². The Kier molecular flexibility index (Phi) is 8.28. The van der Waals surface area contributed by atoms with Crippen molar-refractivity contribution in [1.82, 2.24) is 0 Å². The van der Waals surface area contributed by atoms with Crippen LogP contribution in [-0.4, -0.2) is 37.0 Å². The van der Waals surface area contributed by atoms with E-state index in [2.05, 4.69) is 4.90 Å². The molecule has 3 aromatic rings. The predicted molar refractivity (Wildman–Crippen MR) is 153 cm³/mol. The third-order valence-electron chi connectivity index (χ3n) is 7.42. The number of aliphatic hydroxyl groups is 1. The first-order chi connectivity index (χ1) is 19.0. The fourth-order valence-electron chi connectivity index (χ4n) is 5.23. The van der Waals surface area contributed by atoms with Gasteiger partial charge in [0.15, 0.2) is 11.6 Å². The van der Waals surface area contributed by atoms with E-state index in [0.717, 1.165) is 41.4 Å². The fraction of sp³-hybridized carbons (Fsp3) is 0.312.